The highest BCUT2D eigenvalue weighted by Crippen LogP contribution is 2.29. The van der Waals surface area contributed by atoms with Crippen molar-refractivity contribution in [2.24, 2.45) is 14.1 Å². The van der Waals surface area contributed by atoms with Gasteiger partial charge >= 0.3 is 11.9 Å². The van der Waals surface area contributed by atoms with Crippen LogP contribution < -0.4 is 16.6 Å². The molecule has 8 nitrogen and oxygen atoms in total. The molecule has 2 atom stereocenters. The first kappa shape index (κ1) is 21.2. The number of aromatic nitrogens is 4. The normalized spacial score (nSPS) is 19.3. The van der Waals surface area contributed by atoms with Gasteiger partial charge in [0.25, 0.3) is 5.56 Å². The summed E-state index contributed by atoms with van der Waals surface area (Å²) in [5.41, 5.74) is -1.18. The highest BCUT2D eigenvalue weighted by Gasteiger charge is 2.30. The molecule has 2 N–H and O–H groups in total. The van der Waals surface area contributed by atoms with Gasteiger partial charge in [0.1, 0.15) is 0 Å². The summed E-state index contributed by atoms with van der Waals surface area (Å²) in [6.45, 7) is -0.164. The summed E-state index contributed by atoms with van der Waals surface area (Å²) in [4.78, 5) is 30.3. The molecule has 1 aromatic carbocycles. The Bertz CT molecular complexity index is 1240. The minimum absolute atomic E-state index is 0.0110. The predicted octanol–water partition coefficient (Wildman–Crippen LogP) is 1.83. The van der Waals surface area contributed by atoms with E-state index < -0.39 is 23.0 Å². The number of alkyl halides is 3. The van der Waals surface area contributed by atoms with Crippen LogP contribution in [0.4, 0.5) is 19.1 Å². The van der Waals surface area contributed by atoms with Crippen LogP contribution in [0.3, 0.4) is 0 Å². The summed E-state index contributed by atoms with van der Waals surface area (Å²) >= 11 is 0. The first-order chi connectivity index (χ1) is 14.6. The fourth-order valence-electron chi connectivity index (χ4n) is 3.97. The Morgan fingerprint density at radius 2 is 1.81 bits per heavy atom. The van der Waals surface area contributed by atoms with Crippen LogP contribution in [0.15, 0.2) is 33.9 Å². The Labute approximate surface area is 174 Å². The molecule has 0 saturated heterocycles. The van der Waals surface area contributed by atoms with E-state index in [0.717, 1.165) is 23.1 Å². The van der Waals surface area contributed by atoms with E-state index in [1.165, 1.54) is 23.7 Å². The Morgan fingerprint density at radius 1 is 1.13 bits per heavy atom. The molecule has 0 aliphatic heterocycles. The van der Waals surface area contributed by atoms with Crippen LogP contribution in [0.1, 0.15) is 30.4 Å². The maximum absolute atomic E-state index is 13.1. The van der Waals surface area contributed by atoms with Crippen molar-refractivity contribution in [1.82, 2.24) is 18.7 Å². The van der Waals surface area contributed by atoms with Crippen molar-refractivity contribution in [2.75, 3.05) is 5.32 Å². The zero-order valence-electron chi connectivity index (χ0n) is 17.0. The van der Waals surface area contributed by atoms with E-state index in [1.807, 2.05) is 0 Å². The topological polar surface area (TPSA) is 94.1 Å². The van der Waals surface area contributed by atoms with Gasteiger partial charge in [-0.05, 0) is 37.0 Å². The van der Waals surface area contributed by atoms with Crippen molar-refractivity contribution in [1.29, 1.82) is 0 Å². The number of hydrogen-bond donors (Lipinski definition) is 2. The zero-order valence-corrected chi connectivity index (χ0v) is 17.0. The Kier molecular flexibility index (Phi) is 5.16. The van der Waals surface area contributed by atoms with E-state index in [1.54, 1.807) is 11.6 Å². The summed E-state index contributed by atoms with van der Waals surface area (Å²) in [5.74, 6) is 0.411. The minimum atomic E-state index is -4.46. The van der Waals surface area contributed by atoms with Crippen LogP contribution >= 0.6 is 0 Å². The Hall–Kier alpha value is -3.08. The highest BCUT2D eigenvalue weighted by atomic mass is 19.4. The number of anilines is 1. The lowest BCUT2D eigenvalue weighted by molar-refractivity contribution is -0.137. The van der Waals surface area contributed by atoms with Gasteiger partial charge in [-0.1, -0.05) is 12.1 Å². The summed E-state index contributed by atoms with van der Waals surface area (Å²) in [6.07, 6.45) is -2.82. The third-order valence-electron chi connectivity index (χ3n) is 5.72. The molecule has 0 spiro atoms. The number of aliphatic hydroxyl groups is 1. The number of nitrogens with one attached hydrogen (secondary N) is 1. The van der Waals surface area contributed by atoms with E-state index in [9.17, 15) is 27.9 Å². The maximum atomic E-state index is 13.1. The molecule has 31 heavy (non-hydrogen) atoms. The summed E-state index contributed by atoms with van der Waals surface area (Å²) in [5, 5.41) is 12.9. The van der Waals surface area contributed by atoms with Crippen LogP contribution in [0.5, 0.6) is 0 Å². The van der Waals surface area contributed by atoms with Crippen molar-refractivity contribution in [3.8, 4) is 0 Å². The summed E-state index contributed by atoms with van der Waals surface area (Å²) in [6, 6.07) is 4.36. The number of aliphatic hydroxyl groups excluding tert-OH is 1. The monoisotopic (exact) mass is 437 g/mol. The molecule has 0 amide bonds. The molecular formula is C20H22F3N5O3. The van der Waals surface area contributed by atoms with Gasteiger partial charge in [0.15, 0.2) is 11.2 Å². The van der Waals surface area contributed by atoms with Crippen LogP contribution in [0.2, 0.25) is 0 Å². The smallest absolute Gasteiger partial charge is 0.393 e. The molecule has 1 aliphatic rings. The molecule has 1 saturated carbocycles. The third kappa shape index (κ3) is 3.85. The fourth-order valence-corrected chi connectivity index (χ4v) is 3.97. The Balaban J connectivity index is 1.72. The van der Waals surface area contributed by atoms with E-state index in [2.05, 4.69) is 10.3 Å². The molecule has 166 valence electrons. The van der Waals surface area contributed by atoms with Crippen molar-refractivity contribution in [3.63, 3.8) is 0 Å². The van der Waals surface area contributed by atoms with Gasteiger partial charge in [-0.3, -0.25) is 13.9 Å². The first-order valence-corrected chi connectivity index (χ1v) is 9.83. The number of fused-ring (bicyclic) bond motifs is 1. The number of hydrogen-bond acceptors (Lipinski definition) is 5. The molecular weight excluding hydrogens is 415 g/mol. The second kappa shape index (κ2) is 7.56. The molecule has 4 rings (SSSR count). The quantitative estimate of drug-likeness (QED) is 0.650. The molecule has 2 heterocycles. The molecule has 11 heteroatoms. The number of nitrogens with zero attached hydrogens (tertiary/aromatic N) is 4. The molecule has 3 aromatic rings. The third-order valence-corrected chi connectivity index (χ3v) is 5.72. The zero-order chi connectivity index (χ0) is 22.5. The molecule has 0 unspecified atom stereocenters. The maximum Gasteiger partial charge on any atom is 0.416 e. The second-order valence-electron chi connectivity index (χ2n) is 7.90. The van der Waals surface area contributed by atoms with Crippen molar-refractivity contribution in [2.45, 2.75) is 44.1 Å². The molecule has 0 radical (unpaired) electrons. The average Bonchev–Trinajstić information content (AvgIpc) is 3.26. The van der Waals surface area contributed by atoms with Gasteiger partial charge in [0.2, 0.25) is 5.95 Å². The SMILES string of the molecule is Cn1c(N[C@H]2CC[C@H](O)C2)nc2c1c(=O)n(Cc1ccc(C(F)(F)F)cc1)c(=O)n2C. The fraction of sp³-hybridized carbons (Fsp3) is 0.450. The lowest BCUT2D eigenvalue weighted by atomic mass is 10.1. The van der Waals surface area contributed by atoms with E-state index in [4.69, 9.17) is 0 Å². The lowest BCUT2D eigenvalue weighted by Gasteiger charge is -2.12. The van der Waals surface area contributed by atoms with Crippen LogP contribution in [0.25, 0.3) is 11.2 Å². The first-order valence-electron chi connectivity index (χ1n) is 9.83. The van der Waals surface area contributed by atoms with Crippen LogP contribution in [-0.4, -0.2) is 35.9 Å². The lowest BCUT2D eigenvalue weighted by Crippen LogP contribution is -2.39. The Morgan fingerprint density at radius 3 is 2.39 bits per heavy atom. The standard InChI is InChI=1S/C20H22F3N5O3/c1-26-15-16(25-18(26)24-13-7-8-14(29)9-13)27(2)19(31)28(17(15)30)10-11-3-5-12(6-4-11)20(21,22)23/h3-6,13-14,29H,7-10H2,1-2H3,(H,24,25)/t13-,14-/m0/s1. The van der Waals surface area contributed by atoms with Gasteiger partial charge in [0.05, 0.1) is 18.2 Å². The summed E-state index contributed by atoms with van der Waals surface area (Å²) < 4.78 is 42.1. The van der Waals surface area contributed by atoms with Gasteiger partial charge in [-0.15, -0.1) is 0 Å². The summed E-state index contributed by atoms with van der Waals surface area (Å²) in [7, 11) is 3.14. The van der Waals surface area contributed by atoms with Gasteiger partial charge < -0.3 is 15.0 Å². The number of imidazole rings is 1. The van der Waals surface area contributed by atoms with Crippen molar-refractivity contribution < 1.29 is 18.3 Å². The average molecular weight is 437 g/mol. The van der Waals surface area contributed by atoms with Gasteiger partial charge in [0, 0.05) is 20.1 Å². The minimum Gasteiger partial charge on any atom is -0.393 e. The van der Waals surface area contributed by atoms with E-state index in [-0.39, 0.29) is 29.9 Å². The van der Waals surface area contributed by atoms with E-state index in [0.29, 0.717) is 24.4 Å². The van der Waals surface area contributed by atoms with Crippen molar-refractivity contribution in [3.05, 3.63) is 56.2 Å². The number of rotatable bonds is 4. The van der Waals surface area contributed by atoms with Crippen LogP contribution in [-0.2, 0) is 26.8 Å². The van der Waals surface area contributed by atoms with Gasteiger partial charge in [-0.25, -0.2) is 4.79 Å². The molecule has 1 aliphatic carbocycles. The molecule has 1 fully saturated rings. The largest absolute Gasteiger partial charge is 0.416 e. The number of benzene rings is 1. The second-order valence-corrected chi connectivity index (χ2v) is 7.90. The number of aryl methyl sites for hydroxylation is 2. The van der Waals surface area contributed by atoms with E-state index >= 15 is 0 Å². The van der Waals surface area contributed by atoms with Gasteiger partial charge in [-0.2, -0.15) is 18.2 Å². The number of halogens is 3. The molecule has 2 aromatic heterocycles. The highest BCUT2D eigenvalue weighted by molar-refractivity contribution is 5.74. The molecule has 0 bridgehead atoms. The van der Waals surface area contributed by atoms with Crippen LogP contribution in [0, 0.1) is 0 Å². The van der Waals surface area contributed by atoms with Crippen molar-refractivity contribution >= 4 is 17.1 Å². The predicted molar refractivity (Wildman–Crippen MR) is 108 cm³/mol.